The minimum Gasteiger partial charge on any atom is -0.471 e. The van der Waals surface area contributed by atoms with Crippen molar-refractivity contribution >= 4 is 39.3 Å². The van der Waals surface area contributed by atoms with Crippen molar-refractivity contribution in [3.05, 3.63) is 69.5 Å². The van der Waals surface area contributed by atoms with Crippen LogP contribution in [0.2, 0.25) is 5.02 Å². The van der Waals surface area contributed by atoms with Gasteiger partial charge in [-0.3, -0.25) is 4.79 Å². The van der Waals surface area contributed by atoms with E-state index in [4.69, 9.17) is 16.3 Å². The van der Waals surface area contributed by atoms with E-state index in [1.807, 2.05) is 13.0 Å². The average molecular weight is 422 g/mol. The topological polar surface area (TPSA) is 69.0 Å². The smallest absolute Gasteiger partial charge is 0.277 e. The Morgan fingerprint density at radius 1 is 1.32 bits per heavy atom. The molecule has 2 aromatic heterocycles. The van der Waals surface area contributed by atoms with Crippen LogP contribution >= 0.6 is 27.5 Å². The molecule has 25 heavy (non-hydrogen) atoms. The second kappa shape index (κ2) is 7.67. The van der Waals surface area contributed by atoms with Gasteiger partial charge in [-0.2, -0.15) is 5.10 Å². The summed E-state index contributed by atoms with van der Waals surface area (Å²) in [4.78, 5) is 16.3. The predicted octanol–water partition coefficient (Wildman–Crippen LogP) is 4.29. The van der Waals surface area contributed by atoms with Crippen LogP contribution in [0.25, 0.3) is 0 Å². The number of benzene rings is 1. The first-order valence-corrected chi connectivity index (χ1v) is 8.54. The van der Waals surface area contributed by atoms with Crippen molar-refractivity contribution in [2.75, 3.05) is 5.32 Å². The molecule has 0 aliphatic heterocycles. The Morgan fingerprint density at radius 3 is 2.88 bits per heavy atom. The summed E-state index contributed by atoms with van der Waals surface area (Å²) in [5, 5.41) is 7.55. The summed E-state index contributed by atoms with van der Waals surface area (Å²) in [7, 11) is 0. The molecule has 0 fully saturated rings. The van der Waals surface area contributed by atoms with Crippen LogP contribution in [0.15, 0.2) is 53.3 Å². The lowest BCUT2D eigenvalue weighted by atomic mass is 10.2. The first kappa shape index (κ1) is 17.4. The SMILES string of the molecule is Cc1cc(Cl)ccc1OCn1ccc(C(=O)Nc2ccc(Br)cn2)n1. The van der Waals surface area contributed by atoms with E-state index in [2.05, 4.69) is 31.3 Å². The van der Waals surface area contributed by atoms with Gasteiger partial charge in [0.25, 0.3) is 5.91 Å². The van der Waals surface area contributed by atoms with Gasteiger partial charge in [-0.05, 0) is 64.8 Å². The van der Waals surface area contributed by atoms with Crippen LogP contribution in [0.5, 0.6) is 5.75 Å². The van der Waals surface area contributed by atoms with E-state index < -0.39 is 0 Å². The van der Waals surface area contributed by atoms with Crippen LogP contribution in [-0.4, -0.2) is 20.7 Å². The predicted molar refractivity (Wildman–Crippen MR) is 98.9 cm³/mol. The molecule has 0 radical (unpaired) electrons. The van der Waals surface area contributed by atoms with E-state index in [0.717, 1.165) is 10.0 Å². The Labute approximate surface area is 157 Å². The summed E-state index contributed by atoms with van der Waals surface area (Å²) in [5.41, 5.74) is 1.21. The lowest BCUT2D eigenvalue weighted by molar-refractivity contribution is 0.102. The Kier molecular flexibility index (Phi) is 5.35. The molecule has 1 N–H and O–H groups in total. The number of aryl methyl sites for hydroxylation is 1. The summed E-state index contributed by atoms with van der Waals surface area (Å²) in [6.07, 6.45) is 3.28. The number of anilines is 1. The molecule has 0 spiro atoms. The van der Waals surface area contributed by atoms with E-state index in [9.17, 15) is 4.79 Å². The van der Waals surface area contributed by atoms with Crippen molar-refractivity contribution in [2.24, 2.45) is 0 Å². The second-order valence-electron chi connectivity index (χ2n) is 5.24. The Bertz CT molecular complexity index is 896. The molecular weight excluding hydrogens is 408 g/mol. The van der Waals surface area contributed by atoms with Gasteiger partial charge in [-0.25, -0.2) is 9.67 Å². The molecule has 0 unspecified atom stereocenters. The van der Waals surface area contributed by atoms with Crippen LogP contribution in [0.1, 0.15) is 16.1 Å². The number of aromatic nitrogens is 3. The average Bonchev–Trinajstić information content (AvgIpc) is 3.05. The molecular formula is C17H14BrClN4O2. The number of nitrogens with one attached hydrogen (secondary N) is 1. The first-order valence-electron chi connectivity index (χ1n) is 7.36. The first-order chi connectivity index (χ1) is 12.0. The van der Waals surface area contributed by atoms with E-state index in [0.29, 0.717) is 16.6 Å². The van der Waals surface area contributed by atoms with Crippen LogP contribution < -0.4 is 10.1 Å². The van der Waals surface area contributed by atoms with Gasteiger partial charge in [-0.1, -0.05) is 11.6 Å². The number of nitrogens with zero attached hydrogens (tertiary/aromatic N) is 3. The zero-order valence-corrected chi connectivity index (χ0v) is 15.6. The van der Waals surface area contributed by atoms with Crippen molar-refractivity contribution in [3.8, 4) is 5.75 Å². The lowest BCUT2D eigenvalue weighted by Gasteiger charge is -2.09. The van der Waals surface area contributed by atoms with Gasteiger partial charge in [0.05, 0.1) is 0 Å². The number of halogens is 2. The van der Waals surface area contributed by atoms with Gasteiger partial charge in [0.1, 0.15) is 11.6 Å². The van der Waals surface area contributed by atoms with Crippen molar-refractivity contribution in [1.82, 2.24) is 14.8 Å². The highest BCUT2D eigenvalue weighted by Crippen LogP contribution is 2.22. The Morgan fingerprint density at radius 2 is 2.16 bits per heavy atom. The van der Waals surface area contributed by atoms with Crippen LogP contribution in [0.4, 0.5) is 5.82 Å². The third-order valence-corrected chi connectivity index (χ3v) is 4.04. The zero-order chi connectivity index (χ0) is 17.8. The normalized spacial score (nSPS) is 10.5. The molecule has 0 saturated heterocycles. The highest BCUT2D eigenvalue weighted by Gasteiger charge is 2.11. The number of pyridine rings is 1. The maximum absolute atomic E-state index is 12.2. The molecule has 1 amide bonds. The van der Waals surface area contributed by atoms with Gasteiger partial charge >= 0.3 is 0 Å². The third-order valence-electron chi connectivity index (χ3n) is 3.33. The minimum atomic E-state index is -0.337. The molecule has 0 atom stereocenters. The van der Waals surface area contributed by atoms with E-state index >= 15 is 0 Å². The van der Waals surface area contributed by atoms with E-state index in [1.54, 1.807) is 42.7 Å². The molecule has 0 saturated carbocycles. The zero-order valence-electron chi connectivity index (χ0n) is 13.2. The number of ether oxygens (including phenoxy) is 1. The Hall–Kier alpha value is -2.38. The number of hydrogen-bond acceptors (Lipinski definition) is 4. The Balaban J connectivity index is 1.61. The molecule has 8 heteroatoms. The van der Waals surface area contributed by atoms with Crippen molar-refractivity contribution in [2.45, 2.75) is 13.7 Å². The van der Waals surface area contributed by atoms with E-state index in [-0.39, 0.29) is 18.3 Å². The molecule has 0 aliphatic carbocycles. The molecule has 2 heterocycles. The molecule has 1 aromatic carbocycles. The van der Waals surface area contributed by atoms with Crippen molar-refractivity contribution < 1.29 is 9.53 Å². The van der Waals surface area contributed by atoms with Crippen LogP contribution in [0, 0.1) is 6.92 Å². The molecule has 128 valence electrons. The second-order valence-corrected chi connectivity index (χ2v) is 6.59. The van der Waals surface area contributed by atoms with Gasteiger partial charge in [0.15, 0.2) is 12.4 Å². The standard InChI is InChI=1S/C17H14BrClN4O2/c1-11-8-13(19)3-4-15(11)25-10-23-7-6-14(22-23)17(24)21-16-5-2-12(18)9-20-16/h2-9H,10H2,1H3,(H,20,21,24). The van der Waals surface area contributed by atoms with E-state index in [1.165, 1.54) is 4.68 Å². The van der Waals surface area contributed by atoms with Crippen molar-refractivity contribution in [3.63, 3.8) is 0 Å². The monoisotopic (exact) mass is 420 g/mol. The van der Waals surface area contributed by atoms with Gasteiger partial charge in [0.2, 0.25) is 0 Å². The van der Waals surface area contributed by atoms with Crippen molar-refractivity contribution in [1.29, 1.82) is 0 Å². The highest BCUT2D eigenvalue weighted by atomic mass is 79.9. The highest BCUT2D eigenvalue weighted by molar-refractivity contribution is 9.10. The lowest BCUT2D eigenvalue weighted by Crippen LogP contribution is -2.15. The summed E-state index contributed by atoms with van der Waals surface area (Å²) in [6, 6.07) is 10.5. The number of carbonyl (C=O) groups excluding carboxylic acids is 1. The molecule has 0 bridgehead atoms. The number of rotatable bonds is 5. The van der Waals surface area contributed by atoms with Crippen LogP contribution in [-0.2, 0) is 6.73 Å². The number of carbonyl (C=O) groups is 1. The fourth-order valence-electron chi connectivity index (χ4n) is 2.10. The maximum Gasteiger partial charge on any atom is 0.277 e. The van der Waals surface area contributed by atoms with Gasteiger partial charge < -0.3 is 10.1 Å². The molecule has 0 aliphatic rings. The molecule has 6 nitrogen and oxygen atoms in total. The summed E-state index contributed by atoms with van der Waals surface area (Å²) in [6.45, 7) is 2.10. The summed E-state index contributed by atoms with van der Waals surface area (Å²) >= 11 is 9.22. The molecule has 3 rings (SSSR count). The quantitative estimate of drug-likeness (QED) is 0.667. The maximum atomic E-state index is 12.2. The van der Waals surface area contributed by atoms with Crippen LogP contribution in [0.3, 0.4) is 0 Å². The fraction of sp³-hybridized carbons (Fsp3) is 0.118. The largest absolute Gasteiger partial charge is 0.471 e. The summed E-state index contributed by atoms with van der Waals surface area (Å²) in [5.74, 6) is 0.831. The summed E-state index contributed by atoms with van der Waals surface area (Å²) < 4.78 is 8.07. The van der Waals surface area contributed by atoms with Gasteiger partial charge in [0, 0.05) is 21.9 Å². The number of amides is 1. The fourth-order valence-corrected chi connectivity index (χ4v) is 2.56. The third kappa shape index (κ3) is 4.58. The number of hydrogen-bond donors (Lipinski definition) is 1. The van der Waals surface area contributed by atoms with Gasteiger partial charge in [-0.15, -0.1) is 0 Å². The molecule has 3 aromatic rings. The minimum absolute atomic E-state index is 0.187.